The van der Waals surface area contributed by atoms with Crippen molar-refractivity contribution in [1.29, 1.82) is 0 Å². The van der Waals surface area contributed by atoms with Crippen molar-refractivity contribution in [3.8, 4) is 11.5 Å². The van der Waals surface area contributed by atoms with Crippen LogP contribution in [0.3, 0.4) is 0 Å². The van der Waals surface area contributed by atoms with Crippen molar-refractivity contribution in [3.05, 3.63) is 87.6 Å². The van der Waals surface area contributed by atoms with Crippen LogP contribution in [0.2, 0.25) is 5.02 Å². The summed E-state index contributed by atoms with van der Waals surface area (Å²) >= 11 is 6.03. The van der Waals surface area contributed by atoms with Crippen LogP contribution in [0.1, 0.15) is 5.56 Å². The molecule has 7 nitrogen and oxygen atoms in total. The van der Waals surface area contributed by atoms with Gasteiger partial charge in [0.2, 0.25) is 5.75 Å². The minimum atomic E-state index is -0.518. The number of halogens is 1. The molecule has 0 saturated heterocycles. The van der Waals surface area contributed by atoms with Crippen molar-refractivity contribution in [3.63, 3.8) is 0 Å². The van der Waals surface area contributed by atoms with Gasteiger partial charge in [-0.1, -0.05) is 29.8 Å². The molecule has 0 aliphatic heterocycles. The first-order chi connectivity index (χ1) is 12.6. The van der Waals surface area contributed by atoms with Crippen LogP contribution in [-0.4, -0.2) is 16.1 Å². The summed E-state index contributed by atoms with van der Waals surface area (Å²) in [7, 11) is 0. The normalized spacial score (nSPS) is 10.7. The third-order valence-corrected chi connectivity index (χ3v) is 3.61. The van der Waals surface area contributed by atoms with E-state index in [0.29, 0.717) is 22.2 Å². The SMILES string of the molecule is O=[N+]([O-])c1cc(/C=N\Nc2ccccn2)ccc1Oc1ccccc1Cl. The van der Waals surface area contributed by atoms with Crippen molar-refractivity contribution in [2.75, 3.05) is 5.43 Å². The summed E-state index contributed by atoms with van der Waals surface area (Å²) in [6.45, 7) is 0. The lowest BCUT2D eigenvalue weighted by Gasteiger charge is -2.08. The smallest absolute Gasteiger partial charge is 0.312 e. The van der Waals surface area contributed by atoms with Gasteiger partial charge in [-0.05, 0) is 36.4 Å². The van der Waals surface area contributed by atoms with E-state index >= 15 is 0 Å². The Morgan fingerprint density at radius 2 is 1.92 bits per heavy atom. The molecular formula is C18H13ClN4O3. The van der Waals surface area contributed by atoms with Gasteiger partial charge in [-0.2, -0.15) is 5.10 Å². The van der Waals surface area contributed by atoms with Crippen LogP contribution >= 0.6 is 11.6 Å². The number of benzene rings is 2. The van der Waals surface area contributed by atoms with Crippen molar-refractivity contribution in [1.82, 2.24) is 4.98 Å². The van der Waals surface area contributed by atoms with Gasteiger partial charge in [0.25, 0.3) is 0 Å². The monoisotopic (exact) mass is 368 g/mol. The van der Waals surface area contributed by atoms with E-state index in [1.165, 1.54) is 18.3 Å². The van der Waals surface area contributed by atoms with Gasteiger partial charge in [-0.25, -0.2) is 4.98 Å². The highest BCUT2D eigenvalue weighted by Crippen LogP contribution is 2.35. The van der Waals surface area contributed by atoms with E-state index < -0.39 is 4.92 Å². The number of anilines is 1. The lowest BCUT2D eigenvalue weighted by Crippen LogP contribution is -1.97. The number of nitrogens with zero attached hydrogens (tertiary/aromatic N) is 3. The molecule has 0 saturated carbocycles. The number of hydrazone groups is 1. The third kappa shape index (κ3) is 4.34. The average molecular weight is 369 g/mol. The van der Waals surface area contributed by atoms with Gasteiger partial charge in [-0.3, -0.25) is 15.5 Å². The minimum Gasteiger partial charge on any atom is -0.449 e. The first kappa shape index (κ1) is 17.4. The zero-order valence-electron chi connectivity index (χ0n) is 13.4. The van der Waals surface area contributed by atoms with Crippen LogP contribution in [0.25, 0.3) is 0 Å². The van der Waals surface area contributed by atoms with E-state index in [4.69, 9.17) is 16.3 Å². The van der Waals surface area contributed by atoms with E-state index in [1.807, 2.05) is 6.07 Å². The molecule has 0 aliphatic rings. The minimum absolute atomic E-state index is 0.0953. The number of nitro groups is 1. The Labute approximate surface area is 154 Å². The second-order valence-electron chi connectivity index (χ2n) is 5.10. The molecule has 0 unspecified atom stereocenters. The van der Waals surface area contributed by atoms with Crippen LogP contribution in [0.5, 0.6) is 11.5 Å². The zero-order chi connectivity index (χ0) is 18.4. The average Bonchev–Trinajstić information content (AvgIpc) is 2.65. The van der Waals surface area contributed by atoms with Crippen molar-refractivity contribution in [2.24, 2.45) is 5.10 Å². The second kappa shape index (κ2) is 8.09. The summed E-state index contributed by atoms with van der Waals surface area (Å²) in [5.74, 6) is 1.00. The number of hydrogen-bond donors (Lipinski definition) is 1. The van der Waals surface area contributed by atoms with Gasteiger partial charge in [0, 0.05) is 17.8 Å². The fourth-order valence-electron chi connectivity index (χ4n) is 2.09. The first-order valence-electron chi connectivity index (χ1n) is 7.54. The zero-order valence-corrected chi connectivity index (χ0v) is 14.1. The number of aromatic nitrogens is 1. The number of pyridine rings is 1. The Kier molecular flexibility index (Phi) is 5.40. The Hall–Kier alpha value is -3.45. The third-order valence-electron chi connectivity index (χ3n) is 3.29. The number of nitro benzene ring substituents is 1. The quantitative estimate of drug-likeness (QED) is 0.380. The number of hydrogen-bond acceptors (Lipinski definition) is 6. The van der Waals surface area contributed by atoms with E-state index in [2.05, 4.69) is 15.5 Å². The van der Waals surface area contributed by atoms with Gasteiger partial charge in [-0.15, -0.1) is 0 Å². The molecular weight excluding hydrogens is 356 g/mol. The van der Waals surface area contributed by atoms with Crippen LogP contribution in [0.4, 0.5) is 11.5 Å². The van der Waals surface area contributed by atoms with Gasteiger partial charge in [0.05, 0.1) is 16.2 Å². The maximum absolute atomic E-state index is 11.4. The molecule has 0 spiro atoms. The molecule has 0 atom stereocenters. The molecule has 8 heteroatoms. The van der Waals surface area contributed by atoms with Gasteiger partial charge in [0.15, 0.2) is 0 Å². The number of rotatable bonds is 6. The Bertz CT molecular complexity index is 948. The molecule has 0 bridgehead atoms. The Morgan fingerprint density at radius 3 is 2.65 bits per heavy atom. The van der Waals surface area contributed by atoms with E-state index in [-0.39, 0.29) is 11.4 Å². The summed E-state index contributed by atoms with van der Waals surface area (Å²) < 4.78 is 5.59. The Balaban J connectivity index is 1.80. The van der Waals surface area contributed by atoms with E-state index in [0.717, 1.165) is 0 Å². The standard InChI is InChI=1S/C18H13ClN4O3/c19-14-5-1-2-6-16(14)26-17-9-8-13(11-15(17)23(24)25)12-21-22-18-7-3-4-10-20-18/h1-12H,(H,20,22)/b21-12-. The molecule has 0 aliphatic carbocycles. The molecule has 0 radical (unpaired) electrons. The molecule has 26 heavy (non-hydrogen) atoms. The lowest BCUT2D eigenvalue weighted by molar-refractivity contribution is -0.385. The second-order valence-corrected chi connectivity index (χ2v) is 5.51. The highest BCUT2D eigenvalue weighted by Gasteiger charge is 2.17. The Morgan fingerprint density at radius 1 is 1.12 bits per heavy atom. The van der Waals surface area contributed by atoms with Crippen LogP contribution < -0.4 is 10.2 Å². The topological polar surface area (TPSA) is 89.7 Å². The predicted molar refractivity (Wildman–Crippen MR) is 100 cm³/mol. The summed E-state index contributed by atoms with van der Waals surface area (Å²) in [5.41, 5.74) is 3.09. The van der Waals surface area contributed by atoms with Crippen molar-refractivity contribution < 1.29 is 9.66 Å². The fourth-order valence-corrected chi connectivity index (χ4v) is 2.27. The molecule has 3 aromatic rings. The van der Waals surface area contributed by atoms with Crippen molar-refractivity contribution >= 4 is 29.3 Å². The van der Waals surface area contributed by atoms with Gasteiger partial charge >= 0.3 is 5.69 Å². The molecule has 2 aromatic carbocycles. The number of nitrogens with one attached hydrogen (secondary N) is 1. The maximum atomic E-state index is 11.4. The maximum Gasteiger partial charge on any atom is 0.312 e. The molecule has 1 aromatic heterocycles. The van der Waals surface area contributed by atoms with Crippen LogP contribution in [0, 0.1) is 10.1 Å². The highest BCUT2D eigenvalue weighted by atomic mass is 35.5. The number of para-hydroxylation sites is 1. The van der Waals surface area contributed by atoms with E-state index in [1.54, 1.807) is 48.7 Å². The molecule has 130 valence electrons. The lowest BCUT2D eigenvalue weighted by atomic mass is 10.2. The molecule has 0 fully saturated rings. The van der Waals surface area contributed by atoms with Gasteiger partial charge < -0.3 is 4.74 Å². The summed E-state index contributed by atoms with van der Waals surface area (Å²) in [6, 6.07) is 16.6. The van der Waals surface area contributed by atoms with Crippen LogP contribution in [-0.2, 0) is 0 Å². The first-order valence-corrected chi connectivity index (χ1v) is 7.92. The molecule has 1 heterocycles. The van der Waals surface area contributed by atoms with Crippen molar-refractivity contribution in [2.45, 2.75) is 0 Å². The largest absolute Gasteiger partial charge is 0.449 e. The summed E-state index contributed by atoms with van der Waals surface area (Å²) in [6.07, 6.45) is 3.09. The highest BCUT2D eigenvalue weighted by molar-refractivity contribution is 6.32. The fraction of sp³-hybridized carbons (Fsp3) is 0. The van der Waals surface area contributed by atoms with Crippen LogP contribution in [0.15, 0.2) is 72.0 Å². The molecule has 3 rings (SSSR count). The molecule has 1 N–H and O–H groups in total. The predicted octanol–water partition coefficient (Wildman–Crippen LogP) is 4.88. The molecule has 0 amide bonds. The summed E-state index contributed by atoms with van der Waals surface area (Å²) in [4.78, 5) is 14.9. The van der Waals surface area contributed by atoms with Gasteiger partial charge in [0.1, 0.15) is 11.6 Å². The summed E-state index contributed by atoms with van der Waals surface area (Å²) in [5, 5.41) is 15.8. The van der Waals surface area contributed by atoms with E-state index in [9.17, 15) is 10.1 Å². The number of ether oxygens (including phenoxy) is 1.